The molecule has 1 aromatic rings. The minimum absolute atomic E-state index is 0.630. The Kier molecular flexibility index (Phi) is 1.60. The summed E-state index contributed by atoms with van der Waals surface area (Å²) in [5.74, 6) is 1.63. The molecule has 1 atom stereocenters. The molecule has 0 heteroatoms. The van der Waals surface area contributed by atoms with Crippen LogP contribution in [0.2, 0.25) is 0 Å². The van der Waals surface area contributed by atoms with Gasteiger partial charge in [-0.05, 0) is 47.6 Å². The lowest BCUT2D eigenvalue weighted by atomic mass is 9.89. The summed E-state index contributed by atoms with van der Waals surface area (Å²) >= 11 is 0. The lowest BCUT2D eigenvalue weighted by Gasteiger charge is -2.15. The predicted molar refractivity (Wildman–Crippen MR) is 59.6 cm³/mol. The summed E-state index contributed by atoms with van der Waals surface area (Å²) in [6, 6.07) is 9.13. The first-order valence-corrected chi connectivity index (χ1v) is 5.82. The van der Waals surface area contributed by atoms with Crippen LogP contribution in [0.3, 0.4) is 0 Å². The van der Waals surface area contributed by atoms with Crippen molar-refractivity contribution in [1.82, 2.24) is 0 Å². The highest BCUT2D eigenvalue weighted by Gasteiger charge is 2.52. The molecule has 0 aliphatic heterocycles. The van der Waals surface area contributed by atoms with Gasteiger partial charge in [-0.25, -0.2) is 0 Å². The molecule has 3 rings (SSSR count). The van der Waals surface area contributed by atoms with Gasteiger partial charge in [-0.3, -0.25) is 0 Å². The van der Waals surface area contributed by atoms with E-state index in [0.717, 1.165) is 11.8 Å². The molecule has 1 aromatic carbocycles. The number of fused-ring (bicyclic) bond motifs is 2. The highest BCUT2D eigenvalue weighted by Crippen LogP contribution is 2.61. The van der Waals surface area contributed by atoms with Gasteiger partial charge in [0, 0.05) is 0 Å². The molecule has 0 N–H and O–H groups in total. The maximum atomic E-state index is 2.37. The Balaban J connectivity index is 2.10. The van der Waals surface area contributed by atoms with Crippen LogP contribution in [-0.4, -0.2) is 0 Å². The van der Waals surface area contributed by atoms with Crippen molar-refractivity contribution in [3.63, 3.8) is 0 Å². The second kappa shape index (κ2) is 2.62. The molecule has 1 spiro atoms. The molecule has 2 aliphatic rings. The van der Waals surface area contributed by atoms with E-state index in [1.807, 2.05) is 0 Å². The van der Waals surface area contributed by atoms with Crippen LogP contribution in [0, 0.1) is 5.92 Å². The van der Waals surface area contributed by atoms with Gasteiger partial charge in [-0.15, -0.1) is 0 Å². The van der Waals surface area contributed by atoms with Crippen LogP contribution >= 0.6 is 0 Å². The molecule has 0 nitrogen and oxygen atoms in total. The topological polar surface area (TPSA) is 0 Å². The monoisotopic (exact) mass is 186 g/mol. The fraction of sp³-hybridized carbons (Fsp3) is 0.571. The van der Waals surface area contributed by atoms with Crippen molar-refractivity contribution in [2.75, 3.05) is 0 Å². The first-order chi connectivity index (χ1) is 6.73. The normalized spacial score (nSPS) is 26.9. The molecular weight excluding hydrogens is 168 g/mol. The zero-order chi connectivity index (χ0) is 9.76. The second-order valence-corrected chi connectivity index (χ2v) is 5.42. The average molecular weight is 186 g/mol. The predicted octanol–water partition coefficient (Wildman–Crippen LogP) is 3.86. The second-order valence-electron chi connectivity index (χ2n) is 5.42. The minimum atomic E-state index is 0.630. The molecule has 14 heavy (non-hydrogen) atoms. The van der Waals surface area contributed by atoms with E-state index in [4.69, 9.17) is 0 Å². The van der Waals surface area contributed by atoms with Gasteiger partial charge in [0.25, 0.3) is 0 Å². The first-order valence-electron chi connectivity index (χ1n) is 5.82. The number of hydrogen-bond donors (Lipinski definition) is 0. The lowest BCUT2D eigenvalue weighted by Crippen LogP contribution is -2.04. The van der Waals surface area contributed by atoms with Crippen molar-refractivity contribution in [2.45, 2.75) is 44.4 Å². The number of hydrogen-bond acceptors (Lipinski definition) is 0. The van der Waals surface area contributed by atoms with Crippen LogP contribution in [0.4, 0.5) is 0 Å². The summed E-state index contributed by atoms with van der Waals surface area (Å²) in [5, 5.41) is 0. The fourth-order valence-corrected chi connectivity index (χ4v) is 3.16. The van der Waals surface area contributed by atoms with E-state index in [1.54, 1.807) is 11.1 Å². The third-order valence-electron chi connectivity index (χ3n) is 4.20. The van der Waals surface area contributed by atoms with Gasteiger partial charge in [-0.2, -0.15) is 0 Å². The van der Waals surface area contributed by atoms with Crippen LogP contribution in [-0.2, 0) is 5.41 Å². The zero-order valence-corrected chi connectivity index (χ0v) is 9.09. The van der Waals surface area contributed by atoms with E-state index >= 15 is 0 Å². The van der Waals surface area contributed by atoms with Gasteiger partial charge < -0.3 is 0 Å². The standard InChI is InChI=1S/C14H18/c1-10(2)12-9-14(7-8-14)13-6-4-3-5-11(12)13/h3-6,10,12H,7-9H2,1-2H3. The third-order valence-corrected chi connectivity index (χ3v) is 4.20. The molecule has 0 saturated heterocycles. The third kappa shape index (κ3) is 1.00. The lowest BCUT2D eigenvalue weighted by molar-refractivity contribution is 0.459. The Morgan fingerprint density at radius 1 is 1.21 bits per heavy atom. The quantitative estimate of drug-likeness (QED) is 0.624. The first kappa shape index (κ1) is 8.52. The summed E-state index contributed by atoms with van der Waals surface area (Å²) in [5.41, 5.74) is 3.96. The molecule has 0 aromatic heterocycles. The summed E-state index contributed by atoms with van der Waals surface area (Å²) < 4.78 is 0. The van der Waals surface area contributed by atoms with Gasteiger partial charge in [0.1, 0.15) is 0 Å². The molecule has 1 unspecified atom stereocenters. The summed E-state index contributed by atoms with van der Waals surface area (Å²) in [4.78, 5) is 0. The number of benzene rings is 1. The minimum Gasteiger partial charge on any atom is -0.0622 e. The SMILES string of the molecule is CC(C)C1CC2(CC2)c2ccccc21. The van der Waals surface area contributed by atoms with Gasteiger partial charge in [0.2, 0.25) is 0 Å². The molecule has 1 fully saturated rings. The summed E-state index contributed by atoms with van der Waals surface area (Å²) in [6.07, 6.45) is 4.30. The molecule has 0 heterocycles. The van der Waals surface area contributed by atoms with Crippen LogP contribution in [0.1, 0.15) is 50.2 Å². The maximum Gasteiger partial charge on any atom is -0.00376 e. The zero-order valence-electron chi connectivity index (χ0n) is 9.09. The van der Waals surface area contributed by atoms with Crippen molar-refractivity contribution in [3.8, 4) is 0 Å². The van der Waals surface area contributed by atoms with E-state index in [9.17, 15) is 0 Å². The van der Waals surface area contributed by atoms with Crippen LogP contribution < -0.4 is 0 Å². The molecule has 0 amide bonds. The van der Waals surface area contributed by atoms with Gasteiger partial charge in [-0.1, -0.05) is 38.1 Å². The van der Waals surface area contributed by atoms with E-state index in [0.29, 0.717) is 5.41 Å². The average Bonchev–Trinajstić information content (AvgIpc) is 2.86. The van der Waals surface area contributed by atoms with E-state index in [1.165, 1.54) is 19.3 Å². The molecule has 74 valence electrons. The van der Waals surface area contributed by atoms with Gasteiger partial charge in [0.05, 0.1) is 0 Å². The van der Waals surface area contributed by atoms with Crippen LogP contribution in [0.15, 0.2) is 24.3 Å². The molecule has 1 saturated carbocycles. The van der Waals surface area contributed by atoms with Crippen molar-refractivity contribution in [2.24, 2.45) is 5.92 Å². The van der Waals surface area contributed by atoms with E-state index in [2.05, 4.69) is 38.1 Å². The Morgan fingerprint density at radius 2 is 1.93 bits per heavy atom. The highest BCUT2D eigenvalue weighted by atomic mass is 14.6. The van der Waals surface area contributed by atoms with E-state index < -0.39 is 0 Å². The molecule has 2 aliphatic carbocycles. The Hall–Kier alpha value is -0.780. The Bertz CT molecular complexity index is 358. The Morgan fingerprint density at radius 3 is 2.57 bits per heavy atom. The van der Waals surface area contributed by atoms with Crippen molar-refractivity contribution >= 4 is 0 Å². The van der Waals surface area contributed by atoms with Crippen molar-refractivity contribution < 1.29 is 0 Å². The molecule has 0 bridgehead atoms. The highest BCUT2D eigenvalue weighted by molar-refractivity contribution is 5.46. The molecular formula is C14H18. The van der Waals surface area contributed by atoms with E-state index in [-0.39, 0.29) is 0 Å². The Labute approximate surface area is 86.3 Å². The smallest absolute Gasteiger partial charge is 0.00376 e. The summed E-state index contributed by atoms with van der Waals surface area (Å²) in [6.45, 7) is 4.73. The number of rotatable bonds is 1. The van der Waals surface area contributed by atoms with Crippen LogP contribution in [0.25, 0.3) is 0 Å². The van der Waals surface area contributed by atoms with Gasteiger partial charge >= 0.3 is 0 Å². The largest absolute Gasteiger partial charge is 0.0622 e. The van der Waals surface area contributed by atoms with Gasteiger partial charge in [0.15, 0.2) is 0 Å². The fourth-order valence-electron chi connectivity index (χ4n) is 3.16. The molecule has 0 radical (unpaired) electrons. The summed E-state index contributed by atoms with van der Waals surface area (Å²) in [7, 11) is 0. The maximum absolute atomic E-state index is 2.37. The van der Waals surface area contributed by atoms with Crippen molar-refractivity contribution in [1.29, 1.82) is 0 Å². The van der Waals surface area contributed by atoms with Crippen molar-refractivity contribution in [3.05, 3.63) is 35.4 Å². The van der Waals surface area contributed by atoms with Crippen LogP contribution in [0.5, 0.6) is 0 Å².